The summed E-state index contributed by atoms with van der Waals surface area (Å²) in [5, 5.41) is 0. The highest BCUT2D eigenvalue weighted by Gasteiger charge is 2.13. The topological polar surface area (TPSA) is 55.8 Å². The van der Waals surface area contributed by atoms with Gasteiger partial charge in [-0.25, -0.2) is 0 Å². The molecule has 0 aliphatic heterocycles. The first-order chi connectivity index (χ1) is 9.49. The van der Waals surface area contributed by atoms with Gasteiger partial charge in [0.1, 0.15) is 6.29 Å². The van der Waals surface area contributed by atoms with Gasteiger partial charge in [0.2, 0.25) is 5.91 Å². The number of hydrogen-bond donors (Lipinski definition) is 0. The van der Waals surface area contributed by atoms with Gasteiger partial charge in [-0.15, -0.1) is 0 Å². The van der Waals surface area contributed by atoms with Crippen LogP contribution in [0.1, 0.15) is 23.7 Å². The maximum atomic E-state index is 11.5. The van der Waals surface area contributed by atoms with Gasteiger partial charge in [-0.05, 0) is 35.0 Å². The minimum Gasteiger partial charge on any atom is -0.490 e. The highest BCUT2D eigenvalue weighted by Crippen LogP contribution is 2.36. The molecule has 0 spiro atoms. The SMILES string of the molecule is CCOc1cc(C=O)cc(Br)c1OCCC(=O)N(C)C. The molecule has 0 saturated heterocycles. The number of aldehydes is 1. The molecule has 0 aliphatic carbocycles. The largest absolute Gasteiger partial charge is 0.490 e. The zero-order chi connectivity index (χ0) is 15.1. The van der Waals surface area contributed by atoms with Crippen LogP contribution < -0.4 is 9.47 Å². The average molecular weight is 344 g/mol. The summed E-state index contributed by atoms with van der Waals surface area (Å²) in [6.45, 7) is 2.55. The number of ether oxygens (including phenoxy) is 2. The maximum absolute atomic E-state index is 11.5. The Bertz CT molecular complexity index is 488. The standard InChI is InChI=1S/C14H18BrNO4/c1-4-19-12-8-10(9-17)7-11(15)14(12)20-6-5-13(18)16(2)3/h7-9H,4-6H2,1-3H3. The normalized spacial score (nSPS) is 10.0. The molecule has 5 nitrogen and oxygen atoms in total. The summed E-state index contributed by atoms with van der Waals surface area (Å²) in [6, 6.07) is 3.27. The number of carbonyl (C=O) groups is 2. The van der Waals surface area contributed by atoms with Crippen molar-refractivity contribution in [1.29, 1.82) is 0 Å². The fourth-order valence-electron chi connectivity index (χ4n) is 1.52. The second-order valence-electron chi connectivity index (χ2n) is 4.27. The smallest absolute Gasteiger partial charge is 0.225 e. The predicted octanol–water partition coefficient (Wildman–Crippen LogP) is 2.52. The molecular formula is C14H18BrNO4. The maximum Gasteiger partial charge on any atom is 0.225 e. The molecule has 0 atom stereocenters. The van der Waals surface area contributed by atoms with E-state index >= 15 is 0 Å². The van der Waals surface area contributed by atoms with Crippen molar-refractivity contribution in [2.24, 2.45) is 0 Å². The van der Waals surface area contributed by atoms with E-state index in [1.165, 1.54) is 4.90 Å². The van der Waals surface area contributed by atoms with Gasteiger partial charge in [0.25, 0.3) is 0 Å². The van der Waals surface area contributed by atoms with E-state index in [1.54, 1.807) is 26.2 Å². The summed E-state index contributed by atoms with van der Waals surface area (Å²) >= 11 is 3.35. The third-order valence-electron chi connectivity index (χ3n) is 2.53. The predicted molar refractivity (Wildman–Crippen MR) is 79.5 cm³/mol. The van der Waals surface area contributed by atoms with Gasteiger partial charge in [-0.1, -0.05) is 0 Å². The van der Waals surface area contributed by atoms with Crippen molar-refractivity contribution < 1.29 is 19.1 Å². The number of rotatable bonds is 7. The molecule has 0 unspecified atom stereocenters. The van der Waals surface area contributed by atoms with Crippen molar-refractivity contribution in [2.45, 2.75) is 13.3 Å². The monoisotopic (exact) mass is 343 g/mol. The van der Waals surface area contributed by atoms with Crippen LogP contribution in [0.25, 0.3) is 0 Å². The van der Waals surface area contributed by atoms with Gasteiger partial charge in [0.15, 0.2) is 11.5 Å². The summed E-state index contributed by atoms with van der Waals surface area (Å²) in [5.41, 5.74) is 0.497. The van der Waals surface area contributed by atoms with Crippen LogP contribution in [0.15, 0.2) is 16.6 Å². The number of amides is 1. The quantitative estimate of drug-likeness (QED) is 0.714. The molecule has 0 heterocycles. The van der Waals surface area contributed by atoms with E-state index in [0.717, 1.165) is 6.29 Å². The Hall–Kier alpha value is -1.56. The van der Waals surface area contributed by atoms with Gasteiger partial charge in [0.05, 0.1) is 24.1 Å². The highest BCUT2D eigenvalue weighted by molar-refractivity contribution is 9.10. The van der Waals surface area contributed by atoms with E-state index in [4.69, 9.17) is 9.47 Å². The molecule has 6 heteroatoms. The van der Waals surface area contributed by atoms with Gasteiger partial charge < -0.3 is 14.4 Å². The third-order valence-corrected chi connectivity index (χ3v) is 3.12. The van der Waals surface area contributed by atoms with Crippen molar-refractivity contribution in [3.8, 4) is 11.5 Å². The summed E-state index contributed by atoms with van der Waals surface area (Å²) < 4.78 is 11.7. The summed E-state index contributed by atoms with van der Waals surface area (Å²) in [7, 11) is 3.39. The number of benzene rings is 1. The lowest BCUT2D eigenvalue weighted by molar-refractivity contribution is -0.129. The van der Waals surface area contributed by atoms with E-state index in [1.807, 2.05) is 6.92 Å². The first-order valence-corrected chi connectivity index (χ1v) is 7.03. The molecule has 0 aromatic heterocycles. The first-order valence-electron chi connectivity index (χ1n) is 6.24. The van der Waals surface area contributed by atoms with E-state index in [0.29, 0.717) is 28.1 Å². The van der Waals surface area contributed by atoms with Crippen molar-refractivity contribution in [1.82, 2.24) is 4.90 Å². The van der Waals surface area contributed by atoms with Crippen LogP contribution in [-0.2, 0) is 4.79 Å². The minimum atomic E-state index is -0.0106. The Morgan fingerprint density at radius 3 is 2.60 bits per heavy atom. The fraction of sp³-hybridized carbons (Fsp3) is 0.429. The fourth-order valence-corrected chi connectivity index (χ4v) is 2.10. The third kappa shape index (κ3) is 4.52. The number of nitrogens with zero attached hydrogens (tertiary/aromatic N) is 1. The van der Waals surface area contributed by atoms with Crippen molar-refractivity contribution in [3.63, 3.8) is 0 Å². The van der Waals surface area contributed by atoms with E-state index in [2.05, 4.69) is 15.9 Å². The van der Waals surface area contributed by atoms with Crippen molar-refractivity contribution in [2.75, 3.05) is 27.3 Å². The molecule has 0 fully saturated rings. The Labute approximate surface area is 127 Å². The first kappa shape index (κ1) is 16.5. The molecule has 1 amide bonds. The average Bonchev–Trinajstić information content (AvgIpc) is 2.41. The Balaban J connectivity index is 2.82. The highest BCUT2D eigenvalue weighted by atomic mass is 79.9. The summed E-state index contributed by atoms with van der Waals surface area (Å²) in [6.07, 6.45) is 1.02. The Morgan fingerprint density at radius 2 is 2.05 bits per heavy atom. The molecule has 110 valence electrons. The lowest BCUT2D eigenvalue weighted by Crippen LogP contribution is -2.23. The van der Waals surface area contributed by atoms with Crippen LogP contribution in [0.5, 0.6) is 11.5 Å². The molecule has 1 aromatic carbocycles. The number of hydrogen-bond acceptors (Lipinski definition) is 4. The molecular weight excluding hydrogens is 326 g/mol. The van der Waals surface area contributed by atoms with Gasteiger partial charge in [0, 0.05) is 19.7 Å². The second-order valence-corrected chi connectivity index (χ2v) is 5.12. The van der Waals surface area contributed by atoms with Crippen LogP contribution in [-0.4, -0.2) is 44.4 Å². The molecule has 0 N–H and O–H groups in total. The van der Waals surface area contributed by atoms with Crippen LogP contribution in [0.3, 0.4) is 0 Å². The second kappa shape index (κ2) is 7.89. The Morgan fingerprint density at radius 1 is 1.35 bits per heavy atom. The molecule has 0 radical (unpaired) electrons. The molecule has 0 aliphatic rings. The van der Waals surface area contributed by atoms with Crippen LogP contribution in [0.4, 0.5) is 0 Å². The lowest BCUT2D eigenvalue weighted by atomic mass is 10.2. The Kier molecular flexibility index (Phi) is 6.51. The van der Waals surface area contributed by atoms with Gasteiger partial charge >= 0.3 is 0 Å². The molecule has 0 bridgehead atoms. The van der Waals surface area contributed by atoms with Crippen LogP contribution >= 0.6 is 15.9 Å². The number of carbonyl (C=O) groups excluding carboxylic acids is 2. The van der Waals surface area contributed by atoms with Crippen LogP contribution in [0.2, 0.25) is 0 Å². The lowest BCUT2D eigenvalue weighted by Gasteiger charge is -2.15. The van der Waals surface area contributed by atoms with E-state index in [9.17, 15) is 9.59 Å². The van der Waals surface area contributed by atoms with Crippen molar-refractivity contribution >= 4 is 28.1 Å². The van der Waals surface area contributed by atoms with Crippen molar-refractivity contribution in [3.05, 3.63) is 22.2 Å². The zero-order valence-corrected chi connectivity index (χ0v) is 13.4. The molecule has 20 heavy (non-hydrogen) atoms. The molecule has 0 saturated carbocycles. The summed E-state index contributed by atoms with van der Waals surface area (Å²) in [5.74, 6) is 0.980. The van der Waals surface area contributed by atoms with Gasteiger partial charge in [-0.2, -0.15) is 0 Å². The zero-order valence-electron chi connectivity index (χ0n) is 11.8. The molecule has 1 rings (SSSR count). The summed E-state index contributed by atoms with van der Waals surface area (Å²) in [4.78, 5) is 23.8. The molecule has 1 aromatic rings. The van der Waals surface area contributed by atoms with E-state index in [-0.39, 0.29) is 18.9 Å². The van der Waals surface area contributed by atoms with E-state index < -0.39 is 0 Å². The number of halogens is 1. The van der Waals surface area contributed by atoms with Crippen LogP contribution in [0, 0.1) is 0 Å². The van der Waals surface area contributed by atoms with Gasteiger partial charge in [-0.3, -0.25) is 9.59 Å². The minimum absolute atomic E-state index is 0.0106.